The molecule has 2 heterocycles. The number of hydrogen-bond acceptors (Lipinski definition) is 5. The van der Waals surface area contributed by atoms with Crippen LogP contribution < -0.4 is 5.43 Å². The summed E-state index contributed by atoms with van der Waals surface area (Å²) < 4.78 is 25.4. The second kappa shape index (κ2) is 8.45. The first-order valence-electron chi connectivity index (χ1n) is 8.91. The Labute approximate surface area is 158 Å². The highest BCUT2D eigenvalue weighted by Crippen LogP contribution is 2.20. The molecule has 0 aliphatic carbocycles. The third kappa shape index (κ3) is 4.61. The number of nitrogens with zero attached hydrogens (tertiary/aromatic N) is 3. The molecule has 2 N–H and O–H groups in total. The van der Waals surface area contributed by atoms with Crippen molar-refractivity contribution in [2.45, 2.75) is 19.8 Å². The smallest absolute Gasteiger partial charge is 0.244 e. The Morgan fingerprint density at radius 2 is 2.19 bits per heavy atom. The topological polar surface area (TPSA) is 108 Å². The normalized spacial score (nSPS) is 18.6. The monoisotopic (exact) mass is 389 g/mol. The lowest BCUT2D eigenvalue weighted by molar-refractivity contribution is -0.126. The molecule has 0 bridgehead atoms. The number of aromatic amines is 1. The van der Waals surface area contributed by atoms with Crippen LogP contribution in [0.15, 0.2) is 41.6 Å². The van der Waals surface area contributed by atoms with Crippen LogP contribution in [-0.2, 0) is 14.8 Å². The lowest BCUT2D eigenvalue weighted by Gasteiger charge is -2.30. The minimum atomic E-state index is -3.28. The molecule has 0 spiro atoms. The van der Waals surface area contributed by atoms with Gasteiger partial charge in [0.2, 0.25) is 15.9 Å². The Morgan fingerprint density at radius 1 is 1.41 bits per heavy atom. The van der Waals surface area contributed by atoms with Gasteiger partial charge in [0.05, 0.1) is 29.8 Å². The summed E-state index contributed by atoms with van der Waals surface area (Å²) in [6.07, 6.45) is 4.49. The number of hydrazone groups is 1. The highest BCUT2D eigenvalue weighted by atomic mass is 32.2. The number of piperidine rings is 1. The van der Waals surface area contributed by atoms with Gasteiger partial charge in [-0.25, -0.2) is 18.1 Å². The molecule has 27 heavy (non-hydrogen) atoms. The summed E-state index contributed by atoms with van der Waals surface area (Å²) in [6, 6.07) is 9.69. The number of carbonyl (C=O) groups is 1. The molecule has 1 unspecified atom stereocenters. The zero-order valence-corrected chi connectivity index (χ0v) is 15.9. The molecule has 3 rings (SSSR count). The minimum absolute atomic E-state index is 0.0439. The van der Waals surface area contributed by atoms with E-state index in [1.165, 1.54) is 10.5 Å². The van der Waals surface area contributed by atoms with Crippen molar-refractivity contribution >= 4 is 22.1 Å². The molecular weight excluding hydrogens is 366 g/mol. The molecular formula is C18H23N5O3S. The summed E-state index contributed by atoms with van der Waals surface area (Å²) in [7, 11) is -3.28. The summed E-state index contributed by atoms with van der Waals surface area (Å²) in [5, 5.41) is 11.0. The number of hydrogen-bond donors (Lipinski definition) is 2. The average molecular weight is 389 g/mol. The molecule has 2 aromatic rings. The van der Waals surface area contributed by atoms with Crippen molar-refractivity contribution in [1.29, 1.82) is 0 Å². The number of amides is 1. The highest BCUT2D eigenvalue weighted by molar-refractivity contribution is 7.89. The lowest BCUT2D eigenvalue weighted by atomic mass is 9.99. The largest absolute Gasteiger partial charge is 0.277 e. The molecule has 1 aromatic carbocycles. The molecule has 1 saturated heterocycles. The third-order valence-corrected chi connectivity index (χ3v) is 6.47. The fourth-order valence-electron chi connectivity index (χ4n) is 3.08. The van der Waals surface area contributed by atoms with Gasteiger partial charge >= 0.3 is 0 Å². The molecule has 1 aliphatic rings. The molecule has 0 saturated carbocycles. The summed E-state index contributed by atoms with van der Waals surface area (Å²) in [6.45, 7) is 2.29. The van der Waals surface area contributed by atoms with E-state index in [-0.39, 0.29) is 18.2 Å². The second-order valence-corrected chi connectivity index (χ2v) is 8.66. The highest BCUT2D eigenvalue weighted by Gasteiger charge is 2.31. The summed E-state index contributed by atoms with van der Waals surface area (Å²) >= 11 is 0. The fraction of sp³-hybridized carbons (Fsp3) is 0.389. The first kappa shape index (κ1) is 19.2. The van der Waals surface area contributed by atoms with Crippen LogP contribution >= 0.6 is 0 Å². The van der Waals surface area contributed by atoms with Crippen molar-refractivity contribution in [3.8, 4) is 11.3 Å². The average Bonchev–Trinajstić information content (AvgIpc) is 3.17. The van der Waals surface area contributed by atoms with Crippen LogP contribution in [0.25, 0.3) is 11.3 Å². The van der Waals surface area contributed by atoms with E-state index in [9.17, 15) is 13.2 Å². The number of aromatic nitrogens is 2. The first-order chi connectivity index (χ1) is 13.0. The Bertz CT molecular complexity index is 908. The molecule has 1 amide bonds. The molecule has 1 atom stereocenters. The van der Waals surface area contributed by atoms with E-state index in [2.05, 4.69) is 20.7 Å². The Hall–Kier alpha value is -2.52. The van der Waals surface area contributed by atoms with Gasteiger partial charge in [-0.1, -0.05) is 30.3 Å². The van der Waals surface area contributed by atoms with Crippen molar-refractivity contribution < 1.29 is 13.2 Å². The lowest BCUT2D eigenvalue weighted by Crippen LogP contribution is -2.45. The number of nitrogens with one attached hydrogen (secondary N) is 2. The van der Waals surface area contributed by atoms with Crippen LogP contribution in [0.2, 0.25) is 0 Å². The van der Waals surface area contributed by atoms with Gasteiger partial charge in [-0.2, -0.15) is 10.2 Å². The van der Waals surface area contributed by atoms with Crippen molar-refractivity contribution in [3.05, 3.63) is 42.1 Å². The first-order valence-corrected chi connectivity index (χ1v) is 10.5. The van der Waals surface area contributed by atoms with Gasteiger partial charge in [0, 0.05) is 24.2 Å². The minimum Gasteiger partial charge on any atom is -0.277 e. The van der Waals surface area contributed by atoms with Gasteiger partial charge in [0.15, 0.2) is 0 Å². The molecule has 1 aliphatic heterocycles. The van der Waals surface area contributed by atoms with Crippen LogP contribution in [0.4, 0.5) is 0 Å². The maximum Gasteiger partial charge on any atom is 0.244 e. The molecule has 9 heteroatoms. The van der Waals surface area contributed by atoms with E-state index in [4.69, 9.17) is 0 Å². The zero-order valence-electron chi connectivity index (χ0n) is 15.1. The maximum absolute atomic E-state index is 12.4. The van der Waals surface area contributed by atoms with Crippen LogP contribution in [0.1, 0.15) is 25.3 Å². The van der Waals surface area contributed by atoms with Gasteiger partial charge in [0.1, 0.15) is 0 Å². The molecule has 1 aromatic heterocycles. The van der Waals surface area contributed by atoms with Crippen LogP contribution in [-0.4, -0.2) is 53.9 Å². The van der Waals surface area contributed by atoms with Gasteiger partial charge in [0.25, 0.3) is 0 Å². The molecule has 8 nitrogen and oxygen atoms in total. The van der Waals surface area contributed by atoms with E-state index in [0.717, 1.165) is 16.8 Å². The van der Waals surface area contributed by atoms with Crippen molar-refractivity contribution in [2.24, 2.45) is 11.0 Å². The summed E-state index contributed by atoms with van der Waals surface area (Å²) in [5.74, 6) is -0.621. The number of rotatable bonds is 6. The Balaban J connectivity index is 1.62. The van der Waals surface area contributed by atoms with Crippen LogP contribution in [0.3, 0.4) is 0 Å². The SMILES string of the molecule is CCS(=O)(=O)N1CCCC(C(=O)N/N=C/c2cn[nH]c2-c2ccccc2)C1. The Kier molecular flexibility index (Phi) is 6.02. The summed E-state index contributed by atoms with van der Waals surface area (Å²) in [4.78, 5) is 12.4. The van der Waals surface area contributed by atoms with Crippen LogP contribution in [0, 0.1) is 5.92 Å². The van der Waals surface area contributed by atoms with E-state index in [0.29, 0.717) is 19.4 Å². The van der Waals surface area contributed by atoms with Gasteiger partial charge < -0.3 is 0 Å². The van der Waals surface area contributed by atoms with Gasteiger partial charge in [-0.15, -0.1) is 0 Å². The predicted molar refractivity (Wildman–Crippen MR) is 104 cm³/mol. The standard InChI is InChI=1S/C18H23N5O3S/c1-2-27(25,26)23-10-6-9-15(13-23)18(24)22-20-12-16-11-19-21-17(16)14-7-4-3-5-8-14/h3-5,7-8,11-12,15H,2,6,9-10,13H2,1H3,(H,19,21)(H,22,24)/b20-12+. The third-order valence-electron chi connectivity index (χ3n) is 4.62. The van der Waals surface area contributed by atoms with E-state index < -0.39 is 15.9 Å². The predicted octanol–water partition coefficient (Wildman–Crippen LogP) is 1.59. The second-order valence-electron chi connectivity index (χ2n) is 6.40. The molecule has 1 fully saturated rings. The summed E-state index contributed by atoms with van der Waals surface area (Å²) in [5.41, 5.74) is 5.06. The van der Waals surface area contributed by atoms with E-state index in [1.54, 1.807) is 13.1 Å². The van der Waals surface area contributed by atoms with Crippen LogP contribution in [0.5, 0.6) is 0 Å². The van der Waals surface area contributed by atoms with Crippen molar-refractivity contribution in [1.82, 2.24) is 19.9 Å². The maximum atomic E-state index is 12.4. The number of H-pyrrole nitrogens is 1. The van der Waals surface area contributed by atoms with Gasteiger partial charge in [-0.05, 0) is 19.8 Å². The quantitative estimate of drug-likeness (QED) is 0.578. The van der Waals surface area contributed by atoms with Crippen molar-refractivity contribution in [2.75, 3.05) is 18.8 Å². The molecule has 144 valence electrons. The number of benzene rings is 1. The number of carbonyl (C=O) groups excluding carboxylic acids is 1. The fourth-order valence-corrected chi connectivity index (χ4v) is 4.26. The van der Waals surface area contributed by atoms with E-state index >= 15 is 0 Å². The van der Waals surface area contributed by atoms with E-state index in [1.807, 2.05) is 30.3 Å². The zero-order chi connectivity index (χ0) is 19.3. The van der Waals surface area contributed by atoms with Gasteiger partial charge in [-0.3, -0.25) is 9.89 Å². The van der Waals surface area contributed by atoms with Crippen molar-refractivity contribution in [3.63, 3.8) is 0 Å². The Morgan fingerprint density at radius 3 is 2.93 bits per heavy atom. The molecule has 0 radical (unpaired) electrons. The number of sulfonamides is 1.